The predicted molar refractivity (Wildman–Crippen MR) is 139 cm³/mol. The van der Waals surface area contributed by atoms with Crippen LogP contribution in [0.15, 0.2) is 109 Å². The smallest absolute Gasteiger partial charge is 0.145 e. The Morgan fingerprint density at radius 1 is 0.600 bits per heavy atom. The molecule has 0 radical (unpaired) electrons. The number of hydrogen-bond acceptors (Lipinski definition) is 2. The van der Waals surface area contributed by atoms with Gasteiger partial charge >= 0.3 is 0 Å². The van der Waals surface area contributed by atoms with Gasteiger partial charge in [-0.25, -0.2) is 0 Å². The molecule has 0 heterocycles. The summed E-state index contributed by atoms with van der Waals surface area (Å²) < 4.78 is 6.21. The number of benzene rings is 5. The van der Waals surface area contributed by atoms with E-state index in [1.807, 2.05) is 30.3 Å². The van der Waals surface area contributed by atoms with Gasteiger partial charge in [0.25, 0.3) is 0 Å². The Kier molecular flexibility index (Phi) is 4.21. The van der Waals surface area contributed by atoms with Crippen LogP contribution in [-0.4, -0.2) is 0 Å². The molecule has 7 rings (SSSR count). The third-order valence-electron chi connectivity index (χ3n) is 7.26. The molecule has 2 nitrogen and oxygen atoms in total. The van der Waals surface area contributed by atoms with Gasteiger partial charge in [0, 0.05) is 5.02 Å². The first-order valence-electron chi connectivity index (χ1n) is 11.5. The van der Waals surface area contributed by atoms with E-state index in [1.54, 1.807) is 6.07 Å². The number of ether oxygens (including phenoxy) is 1. The van der Waals surface area contributed by atoms with E-state index in [-0.39, 0.29) is 0 Å². The summed E-state index contributed by atoms with van der Waals surface area (Å²) in [6.45, 7) is 0. The number of nitrogens with zero attached hydrogens (tertiary/aromatic N) is 1. The van der Waals surface area contributed by atoms with Crippen LogP contribution in [0.3, 0.4) is 0 Å². The van der Waals surface area contributed by atoms with Crippen LogP contribution in [0.4, 0.5) is 0 Å². The van der Waals surface area contributed by atoms with Crippen molar-refractivity contribution >= 4 is 11.6 Å². The first-order chi connectivity index (χ1) is 17.2. The highest BCUT2D eigenvalue weighted by atomic mass is 35.5. The highest BCUT2D eigenvalue weighted by molar-refractivity contribution is 6.30. The average molecular weight is 468 g/mol. The number of hydrogen-bond donors (Lipinski definition) is 0. The van der Waals surface area contributed by atoms with E-state index in [0.717, 1.165) is 10.6 Å². The zero-order chi connectivity index (χ0) is 23.6. The van der Waals surface area contributed by atoms with Gasteiger partial charge in [-0.15, -0.1) is 0 Å². The topological polar surface area (TPSA) is 33.0 Å². The Balaban J connectivity index is 1.51. The Morgan fingerprint density at radius 3 is 2.00 bits per heavy atom. The fraction of sp³-hybridized carbons (Fsp3) is 0.0312. The zero-order valence-corrected chi connectivity index (χ0v) is 19.4. The van der Waals surface area contributed by atoms with Crippen LogP contribution in [0, 0.1) is 11.3 Å². The number of halogens is 1. The summed E-state index contributed by atoms with van der Waals surface area (Å²) in [7, 11) is 0. The highest BCUT2D eigenvalue weighted by Crippen LogP contribution is 2.63. The van der Waals surface area contributed by atoms with Crippen molar-refractivity contribution in [3.63, 3.8) is 0 Å². The quantitative estimate of drug-likeness (QED) is 0.256. The lowest BCUT2D eigenvalue weighted by Gasteiger charge is -2.30. The van der Waals surface area contributed by atoms with Gasteiger partial charge in [-0.2, -0.15) is 5.26 Å². The van der Waals surface area contributed by atoms with Gasteiger partial charge in [-0.3, -0.25) is 0 Å². The van der Waals surface area contributed by atoms with Crippen LogP contribution in [-0.2, 0) is 5.41 Å². The van der Waals surface area contributed by atoms with Crippen molar-refractivity contribution in [2.24, 2.45) is 0 Å². The molecule has 0 saturated heterocycles. The minimum absolute atomic E-state index is 0.439. The largest absolute Gasteiger partial charge is 0.456 e. The molecule has 35 heavy (non-hydrogen) atoms. The van der Waals surface area contributed by atoms with Crippen LogP contribution in [0.25, 0.3) is 22.3 Å². The van der Waals surface area contributed by atoms with Crippen LogP contribution in [0.5, 0.6) is 11.5 Å². The molecule has 2 aliphatic carbocycles. The first-order valence-corrected chi connectivity index (χ1v) is 11.9. The van der Waals surface area contributed by atoms with E-state index in [4.69, 9.17) is 16.3 Å². The summed E-state index contributed by atoms with van der Waals surface area (Å²) in [5.41, 5.74) is 9.80. The maximum absolute atomic E-state index is 9.49. The second kappa shape index (κ2) is 7.34. The van der Waals surface area contributed by atoms with Gasteiger partial charge in [0.15, 0.2) is 0 Å². The van der Waals surface area contributed by atoms with Crippen molar-refractivity contribution in [1.82, 2.24) is 0 Å². The first kappa shape index (κ1) is 20.1. The van der Waals surface area contributed by atoms with Crippen molar-refractivity contribution < 1.29 is 4.74 Å². The van der Waals surface area contributed by atoms with E-state index in [1.165, 1.54) is 38.9 Å². The molecule has 0 saturated carbocycles. The summed E-state index contributed by atoms with van der Waals surface area (Å²) in [6.07, 6.45) is 0. The van der Waals surface area contributed by atoms with E-state index < -0.39 is 5.41 Å². The minimum Gasteiger partial charge on any atom is -0.456 e. The Morgan fingerprint density at radius 2 is 1.23 bits per heavy atom. The van der Waals surface area contributed by atoms with E-state index in [2.05, 4.69) is 78.9 Å². The molecule has 0 aromatic heterocycles. The molecule has 5 aromatic rings. The summed E-state index contributed by atoms with van der Waals surface area (Å²) in [5.74, 6) is 1.26. The number of para-hydroxylation sites is 1. The van der Waals surface area contributed by atoms with Crippen molar-refractivity contribution in [3.8, 4) is 39.8 Å². The second-order valence-electron chi connectivity index (χ2n) is 8.95. The van der Waals surface area contributed by atoms with Crippen LogP contribution < -0.4 is 4.74 Å². The van der Waals surface area contributed by atoms with Gasteiger partial charge in [-0.05, 0) is 80.9 Å². The van der Waals surface area contributed by atoms with E-state index in [9.17, 15) is 5.26 Å². The summed E-state index contributed by atoms with van der Waals surface area (Å²) in [4.78, 5) is 0. The molecule has 0 amide bonds. The van der Waals surface area contributed by atoms with Gasteiger partial charge < -0.3 is 4.74 Å². The lowest BCUT2D eigenvalue weighted by molar-refractivity contribution is 0.481. The molecule has 0 fully saturated rings. The molecule has 3 heteroatoms. The van der Waals surface area contributed by atoms with Crippen LogP contribution in [0.1, 0.15) is 27.8 Å². The van der Waals surface area contributed by atoms with Crippen LogP contribution >= 0.6 is 11.6 Å². The highest BCUT2D eigenvalue weighted by Gasteiger charge is 2.51. The van der Waals surface area contributed by atoms with Gasteiger partial charge in [-0.1, -0.05) is 84.4 Å². The Bertz CT molecular complexity index is 1710. The fourth-order valence-corrected chi connectivity index (χ4v) is 6.11. The molecule has 1 atom stereocenters. The molecule has 1 unspecified atom stereocenters. The van der Waals surface area contributed by atoms with Gasteiger partial charge in [0.2, 0.25) is 0 Å². The molecule has 2 aliphatic rings. The number of nitriles is 1. The maximum atomic E-state index is 9.49. The predicted octanol–water partition coefficient (Wildman–Crippen LogP) is 8.35. The van der Waals surface area contributed by atoms with Crippen molar-refractivity contribution in [2.75, 3.05) is 0 Å². The lowest BCUT2D eigenvalue weighted by atomic mass is 9.70. The minimum atomic E-state index is -0.439. The van der Waals surface area contributed by atoms with E-state index in [0.29, 0.717) is 17.1 Å². The summed E-state index contributed by atoms with van der Waals surface area (Å²) in [6, 6.07) is 39.3. The third-order valence-corrected chi connectivity index (χ3v) is 7.49. The molecule has 164 valence electrons. The van der Waals surface area contributed by atoms with Crippen molar-refractivity contribution in [3.05, 3.63) is 142 Å². The third kappa shape index (κ3) is 2.65. The molecule has 0 bridgehead atoms. The van der Waals surface area contributed by atoms with Gasteiger partial charge in [0.05, 0.1) is 11.0 Å². The monoisotopic (exact) mass is 467 g/mol. The maximum Gasteiger partial charge on any atom is 0.145 e. The SMILES string of the molecule is N#Cc1ccccc1Oc1ccc2c(c1)-c1ccccc1C21c2ccccc2-c2ccc(Cl)cc21. The average Bonchev–Trinajstić information content (AvgIpc) is 3.35. The fourth-order valence-electron chi connectivity index (χ4n) is 5.93. The molecule has 0 N–H and O–H groups in total. The van der Waals surface area contributed by atoms with E-state index >= 15 is 0 Å². The number of fused-ring (bicyclic) bond motifs is 10. The molecular formula is C32H18ClNO. The normalized spacial score (nSPS) is 16.2. The zero-order valence-electron chi connectivity index (χ0n) is 18.6. The van der Waals surface area contributed by atoms with Crippen molar-refractivity contribution in [2.45, 2.75) is 5.41 Å². The Hall–Kier alpha value is -4.32. The van der Waals surface area contributed by atoms with Crippen molar-refractivity contribution in [1.29, 1.82) is 5.26 Å². The molecule has 1 spiro atoms. The lowest BCUT2D eigenvalue weighted by Crippen LogP contribution is -2.25. The van der Waals surface area contributed by atoms with Gasteiger partial charge in [0.1, 0.15) is 17.6 Å². The second-order valence-corrected chi connectivity index (χ2v) is 9.38. The summed E-state index contributed by atoms with van der Waals surface area (Å²) in [5, 5.41) is 10.2. The molecule has 5 aromatic carbocycles. The van der Waals surface area contributed by atoms with Crippen LogP contribution in [0.2, 0.25) is 5.02 Å². The summed E-state index contributed by atoms with van der Waals surface area (Å²) >= 11 is 6.58. The number of rotatable bonds is 2. The molecule has 0 aliphatic heterocycles. The Labute approximate surface area is 208 Å². The molecular weight excluding hydrogens is 450 g/mol. The standard InChI is InChI=1S/C32H18ClNO/c33-21-13-15-25-23-8-2-4-10-27(23)32(30(25)17-21)28-11-5-3-9-24(28)26-18-22(14-16-29(26)32)35-31-12-6-1-7-20(31)19-34/h1-18H.